The molecule has 1 amide bonds. The number of rotatable bonds is 2. The van der Waals surface area contributed by atoms with E-state index >= 15 is 4.39 Å². The first kappa shape index (κ1) is 23.2. The Labute approximate surface area is 199 Å². The van der Waals surface area contributed by atoms with Crippen molar-refractivity contribution in [1.29, 1.82) is 0 Å². The second kappa shape index (κ2) is 8.44. The van der Waals surface area contributed by atoms with Gasteiger partial charge in [0.2, 0.25) is 0 Å². The summed E-state index contributed by atoms with van der Waals surface area (Å²) in [6, 6.07) is 1.94. The number of amides is 1. The van der Waals surface area contributed by atoms with Crippen LogP contribution in [0.4, 0.5) is 9.18 Å². The topological polar surface area (TPSA) is 73.1 Å². The SMILES string of the molecule is CSc1nc2c(F)c(Br)c(C)cc2c2c1nnn2[C@H]1CCN(C(=O)OC(C)(C)C)[C@H](C)C1. The quantitative estimate of drug-likeness (QED) is 0.391. The van der Waals surface area contributed by atoms with Gasteiger partial charge in [0, 0.05) is 18.0 Å². The standard InChI is InChI=1S/C22H27BrFN5O2S/c1-11-9-14-17(16(24)15(11)23)25-20(32-6)18-19(14)29(27-26-18)13-7-8-28(12(2)10-13)21(30)31-22(3,4)5/h9,12-13H,7-8,10H2,1-6H3/t12-,13+/m1/s1. The molecule has 2 atom stereocenters. The average molecular weight is 524 g/mol. The number of benzene rings is 1. The van der Waals surface area contributed by atoms with Crippen molar-refractivity contribution in [2.24, 2.45) is 0 Å². The molecule has 0 aliphatic carbocycles. The lowest BCUT2D eigenvalue weighted by atomic mass is 9.98. The molecule has 0 N–H and O–H groups in total. The van der Waals surface area contributed by atoms with Crippen LogP contribution in [0.2, 0.25) is 0 Å². The molecule has 2 aromatic heterocycles. The molecule has 3 heterocycles. The number of fused-ring (bicyclic) bond motifs is 3. The van der Waals surface area contributed by atoms with Gasteiger partial charge in [-0.1, -0.05) is 5.21 Å². The number of halogens is 2. The smallest absolute Gasteiger partial charge is 0.410 e. The third-order valence-electron chi connectivity index (χ3n) is 5.74. The number of nitrogens with zero attached hydrogens (tertiary/aromatic N) is 5. The fourth-order valence-electron chi connectivity index (χ4n) is 4.24. The third kappa shape index (κ3) is 4.07. The van der Waals surface area contributed by atoms with E-state index in [-0.39, 0.29) is 24.0 Å². The number of carbonyl (C=O) groups is 1. The van der Waals surface area contributed by atoms with Crippen LogP contribution in [0.3, 0.4) is 0 Å². The Morgan fingerprint density at radius 3 is 2.69 bits per heavy atom. The number of carbonyl (C=O) groups excluding carboxylic acids is 1. The molecule has 1 fully saturated rings. The molecule has 32 heavy (non-hydrogen) atoms. The van der Waals surface area contributed by atoms with Crippen LogP contribution >= 0.6 is 27.7 Å². The minimum atomic E-state index is -0.536. The van der Waals surface area contributed by atoms with E-state index in [0.717, 1.165) is 11.1 Å². The largest absolute Gasteiger partial charge is 0.444 e. The molecule has 1 aromatic carbocycles. The Morgan fingerprint density at radius 2 is 2.06 bits per heavy atom. The summed E-state index contributed by atoms with van der Waals surface area (Å²) in [6.45, 7) is 10.0. The van der Waals surface area contributed by atoms with Gasteiger partial charge in [-0.2, -0.15) is 0 Å². The zero-order valence-electron chi connectivity index (χ0n) is 19.1. The predicted molar refractivity (Wildman–Crippen MR) is 128 cm³/mol. The molecule has 0 saturated carbocycles. The Hall–Kier alpha value is -1.94. The van der Waals surface area contributed by atoms with E-state index in [2.05, 4.69) is 31.2 Å². The van der Waals surface area contributed by atoms with Gasteiger partial charge in [0.15, 0.2) is 5.82 Å². The van der Waals surface area contributed by atoms with E-state index in [9.17, 15) is 4.79 Å². The van der Waals surface area contributed by atoms with Gasteiger partial charge in [-0.05, 0) is 81.3 Å². The molecule has 1 saturated heterocycles. The van der Waals surface area contributed by atoms with Crippen molar-refractivity contribution in [2.45, 2.75) is 70.2 Å². The highest BCUT2D eigenvalue weighted by Crippen LogP contribution is 2.37. The molecule has 3 aromatic rings. The van der Waals surface area contributed by atoms with E-state index < -0.39 is 5.60 Å². The normalized spacial score (nSPS) is 19.7. The van der Waals surface area contributed by atoms with Gasteiger partial charge in [0.1, 0.15) is 27.2 Å². The highest BCUT2D eigenvalue weighted by molar-refractivity contribution is 9.10. The number of hydrogen-bond acceptors (Lipinski definition) is 6. The van der Waals surface area contributed by atoms with Gasteiger partial charge in [-0.3, -0.25) is 0 Å². The van der Waals surface area contributed by atoms with Gasteiger partial charge < -0.3 is 9.64 Å². The van der Waals surface area contributed by atoms with E-state index in [1.165, 1.54) is 11.8 Å². The molecule has 10 heteroatoms. The Balaban J connectivity index is 1.75. The maximum atomic E-state index is 15.1. The van der Waals surface area contributed by atoms with E-state index in [4.69, 9.17) is 4.74 Å². The van der Waals surface area contributed by atoms with Crippen molar-refractivity contribution in [3.8, 4) is 0 Å². The number of aromatic nitrogens is 4. The molecule has 0 bridgehead atoms. The van der Waals surface area contributed by atoms with Crippen molar-refractivity contribution in [2.75, 3.05) is 12.8 Å². The van der Waals surface area contributed by atoms with Crippen LogP contribution < -0.4 is 0 Å². The molecule has 7 nitrogen and oxygen atoms in total. The maximum Gasteiger partial charge on any atom is 0.410 e. The Bertz CT molecular complexity index is 1210. The van der Waals surface area contributed by atoms with Crippen LogP contribution in [0.1, 0.15) is 52.1 Å². The minimum absolute atomic E-state index is 0.0245. The Kier molecular flexibility index (Phi) is 6.13. The molecule has 0 unspecified atom stereocenters. The number of likely N-dealkylation sites (tertiary alicyclic amines) is 1. The fourth-order valence-corrected chi connectivity index (χ4v) is 5.05. The van der Waals surface area contributed by atoms with Crippen LogP contribution in [-0.2, 0) is 4.74 Å². The first-order valence-corrected chi connectivity index (χ1v) is 12.6. The summed E-state index contributed by atoms with van der Waals surface area (Å²) in [5.74, 6) is -0.377. The first-order chi connectivity index (χ1) is 15.0. The second-order valence-electron chi connectivity index (χ2n) is 9.27. The molecular weight excluding hydrogens is 497 g/mol. The van der Waals surface area contributed by atoms with Crippen molar-refractivity contribution in [3.05, 3.63) is 21.9 Å². The fraction of sp³-hybridized carbons (Fsp3) is 0.545. The van der Waals surface area contributed by atoms with Crippen LogP contribution in [-0.4, -0.2) is 55.4 Å². The Morgan fingerprint density at radius 1 is 1.34 bits per heavy atom. The van der Waals surface area contributed by atoms with Gasteiger partial charge in [0.05, 0.1) is 10.5 Å². The molecule has 1 aliphatic rings. The number of aryl methyl sites for hydroxylation is 1. The first-order valence-electron chi connectivity index (χ1n) is 10.6. The maximum absolute atomic E-state index is 15.1. The van der Waals surface area contributed by atoms with Crippen molar-refractivity contribution >= 4 is 55.7 Å². The molecule has 0 spiro atoms. The molecule has 172 valence electrons. The zero-order chi connectivity index (χ0) is 23.4. The zero-order valence-corrected chi connectivity index (χ0v) is 21.5. The third-order valence-corrected chi connectivity index (χ3v) is 7.39. The monoisotopic (exact) mass is 523 g/mol. The average Bonchev–Trinajstić information content (AvgIpc) is 3.16. The number of piperidine rings is 1. The number of thioether (sulfide) groups is 1. The summed E-state index contributed by atoms with van der Waals surface area (Å²) in [4.78, 5) is 18.9. The number of ether oxygens (including phenoxy) is 1. The van der Waals surface area contributed by atoms with Crippen LogP contribution in [0.15, 0.2) is 15.6 Å². The summed E-state index contributed by atoms with van der Waals surface area (Å²) in [7, 11) is 0. The molecule has 4 rings (SSSR count). The molecule has 0 radical (unpaired) electrons. The molecule has 1 aliphatic heterocycles. The highest BCUT2D eigenvalue weighted by Gasteiger charge is 2.34. The van der Waals surface area contributed by atoms with E-state index in [0.29, 0.717) is 45.3 Å². The predicted octanol–water partition coefficient (Wildman–Crippen LogP) is 5.87. The number of pyridine rings is 1. The summed E-state index contributed by atoms with van der Waals surface area (Å²) in [6.07, 6.45) is 3.01. The summed E-state index contributed by atoms with van der Waals surface area (Å²) >= 11 is 4.76. The van der Waals surface area contributed by atoms with Crippen molar-refractivity contribution < 1.29 is 13.9 Å². The summed E-state index contributed by atoms with van der Waals surface area (Å²) in [5.41, 5.74) is 2.02. The lowest BCUT2D eigenvalue weighted by Crippen LogP contribution is -2.47. The summed E-state index contributed by atoms with van der Waals surface area (Å²) in [5, 5.41) is 10.2. The van der Waals surface area contributed by atoms with Crippen molar-refractivity contribution in [1.82, 2.24) is 24.9 Å². The van der Waals surface area contributed by atoms with Gasteiger partial charge in [-0.25, -0.2) is 18.9 Å². The lowest BCUT2D eigenvalue weighted by molar-refractivity contribution is 0.00744. The summed E-state index contributed by atoms with van der Waals surface area (Å²) < 4.78 is 23.0. The highest BCUT2D eigenvalue weighted by atomic mass is 79.9. The lowest BCUT2D eigenvalue weighted by Gasteiger charge is -2.38. The van der Waals surface area contributed by atoms with Crippen LogP contribution in [0.25, 0.3) is 21.9 Å². The van der Waals surface area contributed by atoms with Crippen LogP contribution in [0.5, 0.6) is 0 Å². The molecular formula is C22H27BrFN5O2S. The number of hydrogen-bond donors (Lipinski definition) is 0. The van der Waals surface area contributed by atoms with Gasteiger partial charge >= 0.3 is 6.09 Å². The van der Waals surface area contributed by atoms with E-state index in [1.807, 2.05) is 51.6 Å². The van der Waals surface area contributed by atoms with Crippen LogP contribution in [0, 0.1) is 12.7 Å². The second-order valence-corrected chi connectivity index (χ2v) is 10.9. The van der Waals surface area contributed by atoms with Gasteiger partial charge in [0.25, 0.3) is 0 Å². The minimum Gasteiger partial charge on any atom is -0.444 e. The van der Waals surface area contributed by atoms with E-state index in [1.54, 1.807) is 4.90 Å². The van der Waals surface area contributed by atoms with Gasteiger partial charge in [-0.15, -0.1) is 16.9 Å². The van der Waals surface area contributed by atoms with Crippen molar-refractivity contribution in [3.63, 3.8) is 0 Å².